The van der Waals surface area contributed by atoms with E-state index in [4.69, 9.17) is 20.9 Å². The van der Waals surface area contributed by atoms with E-state index in [1.165, 1.54) is 0 Å². The second kappa shape index (κ2) is 6.62. The molecule has 1 saturated heterocycles. The number of pyridine rings is 1. The highest BCUT2D eigenvalue weighted by molar-refractivity contribution is 6.38. The summed E-state index contributed by atoms with van der Waals surface area (Å²) >= 11 is 6.60. The van der Waals surface area contributed by atoms with Gasteiger partial charge in [-0.25, -0.2) is 4.98 Å². The molecular weight excluding hydrogens is 358 g/mol. The highest BCUT2D eigenvalue weighted by atomic mass is 35.5. The first-order valence-corrected chi connectivity index (χ1v) is 8.57. The van der Waals surface area contributed by atoms with E-state index < -0.39 is 0 Å². The van der Waals surface area contributed by atoms with E-state index in [1.807, 2.05) is 18.7 Å². The third-order valence-electron chi connectivity index (χ3n) is 4.20. The topological polar surface area (TPSA) is 94.2 Å². The van der Waals surface area contributed by atoms with Gasteiger partial charge in [-0.05, 0) is 13.8 Å². The molecule has 9 heteroatoms. The first-order valence-electron chi connectivity index (χ1n) is 8.19. The van der Waals surface area contributed by atoms with Crippen molar-refractivity contribution in [2.24, 2.45) is 0 Å². The summed E-state index contributed by atoms with van der Waals surface area (Å²) < 4.78 is 11.2. The van der Waals surface area contributed by atoms with Crippen LogP contribution in [0.3, 0.4) is 0 Å². The number of aldehydes is 1. The molecule has 0 bridgehead atoms. The Labute approximate surface area is 154 Å². The van der Waals surface area contributed by atoms with Crippen molar-refractivity contribution in [2.45, 2.75) is 26.1 Å². The van der Waals surface area contributed by atoms with Crippen LogP contribution >= 0.6 is 11.6 Å². The molecule has 0 aliphatic carbocycles. The van der Waals surface area contributed by atoms with Gasteiger partial charge in [0.1, 0.15) is 21.9 Å². The highest BCUT2D eigenvalue weighted by Crippen LogP contribution is 2.38. The Morgan fingerprint density at radius 2 is 2.04 bits per heavy atom. The van der Waals surface area contributed by atoms with E-state index >= 15 is 0 Å². The normalized spacial score (nSPS) is 20.5. The van der Waals surface area contributed by atoms with Gasteiger partial charge in [0.05, 0.1) is 24.1 Å². The van der Waals surface area contributed by atoms with E-state index in [-0.39, 0.29) is 17.9 Å². The summed E-state index contributed by atoms with van der Waals surface area (Å²) in [4.78, 5) is 26.4. The molecule has 1 aliphatic rings. The Morgan fingerprint density at radius 1 is 1.27 bits per heavy atom. The van der Waals surface area contributed by atoms with E-state index in [0.717, 1.165) is 0 Å². The van der Waals surface area contributed by atoms with E-state index in [1.54, 1.807) is 18.6 Å². The summed E-state index contributed by atoms with van der Waals surface area (Å²) in [6.07, 6.45) is 5.36. The average molecular weight is 374 g/mol. The Balaban J connectivity index is 1.88. The number of aromatic nitrogens is 4. The third-order valence-corrected chi connectivity index (χ3v) is 4.55. The maximum absolute atomic E-state index is 11.7. The van der Waals surface area contributed by atoms with Crippen LogP contribution in [0.5, 0.6) is 0 Å². The van der Waals surface area contributed by atoms with Crippen LogP contribution in [0.15, 0.2) is 23.1 Å². The summed E-state index contributed by atoms with van der Waals surface area (Å²) in [7, 11) is 0. The van der Waals surface area contributed by atoms with Crippen molar-refractivity contribution in [1.82, 2.24) is 20.1 Å². The SMILES string of the molecule is CC1CN(c2c(C=O)nc3c(-c4cnccn4)noc3c2Cl)CC(C)O1. The van der Waals surface area contributed by atoms with Gasteiger partial charge in [-0.2, -0.15) is 0 Å². The van der Waals surface area contributed by atoms with E-state index in [0.29, 0.717) is 52.6 Å². The second-order valence-electron chi connectivity index (χ2n) is 6.24. The lowest BCUT2D eigenvalue weighted by molar-refractivity contribution is -0.00526. The molecule has 4 rings (SSSR count). The van der Waals surface area contributed by atoms with Crippen LogP contribution in [0.2, 0.25) is 5.02 Å². The largest absolute Gasteiger partial charge is 0.372 e. The molecule has 1 aliphatic heterocycles. The Bertz CT molecular complexity index is 952. The molecule has 0 saturated carbocycles. The van der Waals surface area contributed by atoms with Crippen LogP contribution < -0.4 is 4.90 Å². The molecule has 2 unspecified atom stereocenters. The predicted octanol–water partition coefficient (Wildman–Crippen LogP) is 2.76. The van der Waals surface area contributed by atoms with Gasteiger partial charge in [0.2, 0.25) is 5.58 Å². The van der Waals surface area contributed by atoms with Gasteiger partial charge in [-0.15, -0.1) is 0 Å². The van der Waals surface area contributed by atoms with Crippen LogP contribution in [0.4, 0.5) is 5.69 Å². The fourth-order valence-electron chi connectivity index (χ4n) is 3.26. The fourth-order valence-corrected chi connectivity index (χ4v) is 3.60. The third kappa shape index (κ3) is 2.81. The Kier molecular flexibility index (Phi) is 4.29. The molecule has 4 heterocycles. The number of rotatable bonds is 3. The number of halogens is 1. The quantitative estimate of drug-likeness (QED) is 0.647. The van der Waals surface area contributed by atoms with Crippen molar-refractivity contribution < 1.29 is 14.1 Å². The number of hydrogen-bond acceptors (Lipinski definition) is 8. The summed E-state index contributed by atoms with van der Waals surface area (Å²) in [5, 5.41) is 4.34. The lowest BCUT2D eigenvalue weighted by atomic mass is 10.1. The number of fused-ring (bicyclic) bond motifs is 1. The number of morpholine rings is 1. The first kappa shape index (κ1) is 16.9. The predicted molar refractivity (Wildman–Crippen MR) is 95.4 cm³/mol. The van der Waals surface area contributed by atoms with Crippen molar-refractivity contribution in [3.05, 3.63) is 29.3 Å². The molecule has 0 spiro atoms. The van der Waals surface area contributed by atoms with Crippen LogP contribution in [0, 0.1) is 0 Å². The summed E-state index contributed by atoms with van der Waals surface area (Å²) in [5.41, 5.74) is 2.37. The highest BCUT2D eigenvalue weighted by Gasteiger charge is 2.29. The average Bonchev–Trinajstić information content (AvgIpc) is 3.05. The number of ether oxygens (including phenoxy) is 1. The summed E-state index contributed by atoms with van der Waals surface area (Å²) in [6, 6.07) is 0. The van der Waals surface area contributed by atoms with Crippen molar-refractivity contribution in [3.63, 3.8) is 0 Å². The Hall–Kier alpha value is -2.58. The number of carbonyl (C=O) groups excluding carboxylic acids is 1. The number of nitrogens with zero attached hydrogens (tertiary/aromatic N) is 5. The molecule has 2 atom stereocenters. The smallest absolute Gasteiger partial charge is 0.206 e. The Morgan fingerprint density at radius 3 is 2.69 bits per heavy atom. The van der Waals surface area contributed by atoms with E-state index in [9.17, 15) is 4.79 Å². The van der Waals surface area contributed by atoms with Crippen molar-refractivity contribution in [2.75, 3.05) is 18.0 Å². The lowest BCUT2D eigenvalue weighted by Crippen LogP contribution is -2.46. The van der Waals surface area contributed by atoms with Crippen LogP contribution in [0.1, 0.15) is 24.3 Å². The zero-order valence-corrected chi connectivity index (χ0v) is 15.0. The van der Waals surface area contributed by atoms with Gasteiger partial charge in [0.25, 0.3) is 0 Å². The lowest BCUT2D eigenvalue weighted by Gasteiger charge is -2.37. The standard InChI is InChI=1S/C17H16ClN5O3/c1-9-6-23(7-10(2)25-9)16-12(8-24)21-15-14(11-5-19-3-4-20-11)22-26-17(15)13(16)18/h3-5,8-10H,6-7H2,1-2H3. The molecule has 3 aromatic heterocycles. The number of hydrogen-bond donors (Lipinski definition) is 0. The van der Waals surface area contributed by atoms with Crippen molar-refractivity contribution in [3.8, 4) is 11.4 Å². The molecule has 8 nitrogen and oxygen atoms in total. The molecule has 0 amide bonds. The van der Waals surface area contributed by atoms with Crippen molar-refractivity contribution >= 4 is 34.7 Å². The molecule has 26 heavy (non-hydrogen) atoms. The monoisotopic (exact) mass is 373 g/mol. The van der Waals surface area contributed by atoms with Crippen LogP contribution in [-0.4, -0.2) is 51.7 Å². The van der Waals surface area contributed by atoms with Gasteiger partial charge >= 0.3 is 0 Å². The summed E-state index contributed by atoms with van der Waals surface area (Å²) in [5.74, 6) is 0. The first-order chi connectivity index (χ1) is 12.6. The number of anilines is 1. The molecule has 0 aromatic carbocycles. The van der Waals surface area contributed by atoms with Gasteiger partial charge in [-0.3, -0.25) is 14.8 Å². The second-order valence-corrected chi connectivity index (χ2v) is 6.62. The van der Waals surface area contributed by atoms with E-state index in [2.05, 4.69) is 20.1 Å². The zero-order valence-electron chi connectivity index (χ0n) is 14.2. The maximum Gasteiger partial charge on any atom is 0.206 e. The molecular formula is C17H16ClN5O3. The minimum absolute atomic E-state index is 0.00916. The molecule has 3 aromatic rings. The minimum atomic E-state index is 0.00916. The van der Waals surface area contributed by atoms with Crippen LogP contribution in [0.25, 0.3) is 22.5 Å². The number of carbonyl (C=O) groups is 1. The van der Waals surface area contributed by atoms with Gasteiger partial charge in [0, 0.05) is 25.5 Å². The zero-order chi connectivity index (χ0) is 18.3. The van der Waals surface area contributed by atoms with Gasteiger partial charge in [-0.1, -0.05) is 16.8 Å². The molecule has 1 fully saturated rings. The molecule has 0 radical (unpaired) electrons. The van der Waals surface area contributed by atoms with Crippen molar-refractivity contribution in [1.29, 1.82) is 0 Å². The molecule has 134 valence electrons. The molecule has 0 N–H and O–H groups in total. The summed E-state index contributed by atoms with van der Waals surface area (Å²) in [6.45, 7) is 5.15. The van der Waals surface area contributed by atoms with Gasteiger partial charge < -0.3 is 14.2 Å². The van der Waals surface area contributed by atoms with Crippen LogP contribution in [-0.2, 0) is 4.74 Å². The maximum atomic E-state index is 11.7. The van der Waals surface area contributed by atoms with Gasteiger partial charge in [0.15, 0.2) is 12.0 Å². The fraction of sp³-hybridized carbons (Fsp3) is 0.353. The minimum Gasteiger partial charge on any atom is -0.372 e.